The molecule has 0 aliphatic heterocycles. The van der Waals surface area contributed by atoms with Crippen molar-refractivity contribution < 1.29 is 0 Å². The van der Waals surface area contributed by atoms with Gasteiger partial charge in [0.2, 0.25) is 0 Å². The van der Waals surface area contributed by atoms with Gasteiger partial charge in [0.25, 0.3) is 0 Å². The molecule has 0 saturated heterocycles. The molecular weight excluding hydrogens is 170 g/mol. The van der Waals surface area contributed by atoms with Crippen LogP contribution in [0.3, 0.4) is 0 Å². The summed E-state index contributed by atoms with van der Waals surface area (Å²) in [5.41, 5.74) is 9.23. The molecule has 0 aliphatic carbocycles. The summed E-state index contributed by atoms with van der Waals surface area (Å²) in [4.78, 5) is 0. The van der Waals surface area contributed by atoms with Crippen LogP contribution in [0.2, 0.25) is 0 Å². The van der Waals surface area contributed by atoms with Gasteiger partial charge in [0, 0.05) is 0 Å². The van der Waals surface area contributed by atoms with Crippen LogP contribution in [-0.4, -0.2) is 6.54 Å². The van der Waals surface area contributed by atoms with Crippen LogP contribution in [0.25, 0.3) is 0 Å². The molecule has 0 aliphatic rings. The molecule has 0 radical (unpaired) electrons. The molecule has 2 N–H and O–H groups in total. The molecule has 0 bridgehead atoms. The fourth-order valence-corrected chi connectivity index (χ4v) is 1.43. The van der Waals surface area contributed by atoms with Crippen molar-refractivity contribution in [3.63, 3.8) is 0 Å². The van der Waals surface area contributed by atoms with Crippen LogP contribution in [0.15, 0.2) is 18.2 Å². The number of hydrogen-bond donors (Lipinski definition) is 1. The van der Waals surface area contributed by atoms with Gasteiger partial charge in [-0.25, -0.2) is 0 Å². The Labute approximate surface area is 88.3 Å². The molecule has 1 rings (SSSR count). The van der Waals surface area contributed by atoms with E-state index in [1.165, 1.54) is 16.7 Å². The minimum Gasteiger partial charge on any atom is -0.331 e. The molecule has 0 atom stereocenters. The summed E-state index contributed by atoms with van der Waals surface area (Å²) < 4.78 is 0. The van der Waals surface area contributed by atoms with Crippen molar-refractivity contribution in [2.24, 2.45) is 5.73 Å². The standard InChI is InChI=1S/C11H16.C2H7N/c1-4-10-7-6-9(3)8-11(10)5-2;1-2-3/h6-8H,4-5H2,1-3H3;2-3H2,1H3. The first-order valence-electron chi connectivity index (χ1n) is 5.47. The molecule has 0 amide bonds. The normalized spacial score (nSPS) is 9.21. The van der Waals surface area contributed by atoms with Crippen LogP contribution in [0.1, 0.15) is 37.5 Å². The molecule has 14 heavy (non-hydrogen) atoms. The van der Waals surface area contributed by atoms with Gasteiger partial charge < -0.3 is 5.73 Å². The molecule has 1 heteroatoms. The van der Waals surface area contributed by atoms with E-state index >= 15 is 0 Å². The molecule has 0 spiro atoms. The van der Waals surface area contributed by atoms with Gasteiger partial charge in [-0.2, -0.15) is 0 Å². The van der Waals surface area contributed by atoms with E-state index in [1.54, 1.807) is 0 Å². The second-order valence-electron chi connectivity index (χ2n) is 3.39. The molecule has 1 nitrogen and oxygen atoms in total. The summed E-state index contributed by atoms with van der Waals surface area (Å²) in [6.45, 7) is 9.23. The third-order valence-electron chi connectivity index (χ3n) is 2.12. The molecule has 0 fully saturated rings. The Morgan fingerprint density at radius 2 is 1.50 bits per heavy atom. The Kier molecular flexibility index (Phi) is 7.13. The lowest BCUT2D eigenvalue weighted by Gasteiger charge is -2.05. The lowest BCUT2D eigenvalue weighted by molar-refractivity contribution is 1.03. The van der Waals surface area contributed by atoms with Gasteiger partial charge in [-0.1, -0.05) is 44.5 Å². The average Bonchev–Trinajstić information content (AvgIpc) is 2.19. The first kappa shape index (κ1) is 13.2. The van der Waals surface area contributed by atoms with E-state index in [0.717, 1.165) is 19.4 Å². The maximum Gasteiger partial charge on any atom is -0.0106 e. The summed E-state index contributed by atoms with van der Waals surface area (Å²) in [6.07, 6.45) is 2.31. The summed E-state index contributed by atoms with van der Waals surface area (Å²) in [6, 6.07) is 6.73. The number of benzene rings is 1. The average molecular weight is 193 g/mol. The molecular formula is C13H23N. The van der Waals surface area contributed by atoms with Crippen molar-refractivity contribution in [1.82, 2.24) is 0 Å². The minimum absolute atomic E-state index is 0.750. The van der Waals surface area contributed by atoms with Crippen LogP contribution in [-0.2, 0) is 12.8 Å². The zero-order valence-corrected chi connectivity index (χ0v) is 9.93. The Morgan fingerprint density at radius 1 is 1.00 bits per heavy atom. The highest BCUT2D eigenvalue weighted by Gasteiger charge is 1.96. The van der Waals surface area contributed by atoms with E-state index in [1.807, 2.05) is 6.92 Å². The minimum atomic E-state index is 0.750. The molecule has 80 valence electrons. The van der Waals surface area contributed by atoms with Crippen LogP contribution in [0, 0.1) is 6.92 Å². The van der Waals surface area contributed by atoms with Gasteiger partial charge in [-0.3, -0.25) is 0 Å². The number of hydrogen-bond acceptors (Lipinski definition) is 1. The van der Waals surface area contributed by atoms with E-state index in [0.29, 0.717) is 0 Å². The Bertz CT molecular complexity index is 253. The van der Waals surface area contributed by atoms with Crippen molar-refractivity contribution >= 4 is 0 Å². The quantitative estimate of drug-likeness (QED) is 0.767. The fraction of sp³-hybridized carbons (Fsp3) is 0.538. The van der Waals surface area contributed by atoms with Crippen LogP contribution in [0.4, 0.5) is 0 Å². The molecule has 0 aromatic heterocycles. The maximum absolute atomic E-state index is 4.85. The van der Waals surface area contributed by atoms with Gasteiger partial charge in [0.15, 0.2) is 0 Å². The summed E-state index contributed by atoms with van der Waals surface area (Å²) in [5, 5.41) is 0. The largest absolute Gasteiger partial charge is 0.331 e. The summed E-state index contributed by atoms with van der Waals surface area (Å²) in [7, 11) is 0. The molecule has 0 saturated carbocycles. The Hall–Kier alpha value is -0.820. The van der Waals surface area contributed by atoms with E-state index in [2.05, 4.69) is 39.0 Å². The van der Waals surface area contributed by atoms with E-state index in [4.69, 9.17) is 5.73 Å². The highest BCUT2D eigenvalue weighted by molar-refractivity contribution is 5.31. The van der Waals surface area contributed by atoms with Crippen molar-refractivity contribution in [3.8, 4) is 0 Å². The summed E-state index contributed by atoms with van der Waals surface area (Å²) >= 11 is 0. The number of nitrogens with two attached hydrogens (primary N) is 1. The highest BCUT2D eigenvalue weighted by atomic mass is 14.5. The molecule has 0 unspecified atom stereocenters. The van der Waals surface area contributed by atoms with Crippen molar-refractivity contribution in [2.75, 3.05) is 6.54 Å². The van der Waals surface area contributed by atoms with Crippen molar-refractivity contribution in [3.05, 3.63) is 34.9 Å². The number of aryl methyl sites for hydroxylation is 3. The topological polar surface area (TPSA) is 26.0 Å². The van der Waals surface area contributed by atoms with E-state index < -0.39 is 0 Å². The monoisotopic (exact) mass is 193 g/mol. The lowest BCUT2D eigenvalue weighted by Crippen LogP contribution is -1.90. The van der Waals surface area contributed by atoms with Gasteiger partial charge in [-0.15, -0.1) is 0 Å². The summed E-state index contributed by atoms with van der Waals surface area (Å²) in [5.74, 6) is 0. The van der Waals surface area contributed by atoms with Crippen LogP contribution < -0.4 is 5.73 Å². The van der Waals surface area contributed by atoms with Gasteiger partial charge in [0.05, 0.1) is 0 Å². The second kappa shape index (κ2) is 7.57. The first-order chi connectivity index (χ1) is 6.69. The Morgan fingerprint density at radius 3 is 1.93 bits per heavy atom. The maximum atomic E-state index is 4.85. The smallest absolute Gasteiger partial charge is 0.0106 e. The third kappa shape index (κ3) is 4.43. The molecule has 1 aromatic rings. The second-order valence-corrected chi connectivity index (χ2v) is 3.39. The fourth-order valence-electron chi connectivity index (χ4n) is 1.43. The lowest BCUT2D eigenvalue weighted by atomic mass is 10.0. The molecule has 1 aromatic carbocycles. The van der Waals surface area contributed by atoms with E-state index in [-0.39, 0.29) is 0 Å². The van der Waals surface area contributed by atoms with Crippen LogP contribution in [0.5, 0.6) is 0 Å². The highest BCUT2D eigenvalue weighted by Crippen LogP contribution is 2.12. The zero-order valence-electron chi connectivity index (χ0n) is 9.93. The van der Waals surface area contributed by atoms with E-state index in [9.17, 15) is 0 Å². The predicted molar refractivity (Wildman–Crippen MR) is 64.7 cm³/mol. The van der Waals surface area contributed by atoms with Crippen molar-refractivity contribution in [2.45, 2.75) is 40.5 Å². The van der Waals surface area contributed by atoms with Gasteiger partial charge in [0.1, 0.15) is 0 Å². The predicted octanol–water partition coefficient (Wildman–Crippen LogP) is 3.08. The number of rotatable bonds is 2. The van der Waals surface area contributed by atoms with Crippen LogP contribution >= 0.6 is 0 Å². The van der Waals surface area contributed by atoms with Crippen molar-refractivity contribution in [1.29, 1.82) is 0 Å². The Balaban J connectivity index is 0.000000500. The zero-order chi connectivity index (χ0) is 11.0. The SMILES string of the molecule is CCN.CCc1ccc(C)cc1CC. The first-order valence-corrected chi connectivity index (χ1v) is 5.47. The van der Waals surface area contributed by atoms with Gasteiger partial charge in [-0.05, 0) is 37.4 Å². The van der Waals surface area contributed by atoms with Gasteiger partial charge >= 0.3 is 0 Å². The molecule has 0 heterocycles. The third-order valence-corrected chi connectivity index (χ3v) is 2.12.